The number of carbonyl (C=O) groups excluding carboxylic acids is 1. The molecule has 1 saturated carbocycles. The molecule has 1 N–H and O–H groups in total. The second-order valence-corrected chi connectivity index (χ2v) is 8.65. The molecule has 1 amide bonds. The van der Waals surface area contributed by atoms with Gasteiger partial charge in [-0.2, -0.15) is 0 Å². The first-order chi connectivity index (χ1) is 11.5. The van der Waals surface area contributed by atoms with E-state index in [1.54, 1.807) is 17.0 Å². The third-order valence-electron chi connectivity index (χ3n) is 5.02. The maximum atomic E-state index is 12.5. The van der Waals surface area contributed by atoms with Crippen molar-refractivity contribution in [1.82, 2.24) is 9.62 Å². The first-order valence-electron chi connectivity index (χ1n) is 8.62. The molecule has 0 spiro atoms. The third kappa shape index (κ3) is 3.15. The molecule has 0 radical (unpaired) electrons. The molecular formula is C17H22N2O4S. The lowest BCUT2D eigenvalue weighted by atomic mass is 9.92. The zero-order valence-electron chi connectivity index (χ0n) is 13.5. The van der Waals surface area contributed by atoms with Crippen molar-refractivity contribution < 1.29 is 17.9 Å². The lowest BCUT2D eigenvalue weighted by Crippen LogP contribution is -2.35. The number of nitrogens with zero attached hydrogens (tertiary/aromatic N) is 1. The highest BCUT2D eigenvalue weighted by molar-refractivity contribution is 7.89. The number of rotatable bonds is 5. The average molecular weight is 350 g/mol. The van der Waals surface area contributed by atoms with Gasteiger partial charge in [0.05, 0.1) is 11.4 Å². The zero-order valence-corrected chi connectivity index (χ0v) is 14.3. The Balaban J connectivity index is 1.41. The van der Waals surface area contributed by atoms with E-state index < -0.39 is 16.1 Å². The maximum absolute atomic E-state index is 12.5. The van der Waals surface area contributed by atoms with E-state index in [9.17, 15) is 13.2 Å². The fourth-order valence-corrected chi connectivity index (χ4v) is 4.61. The predicted octanol–water partition coefficient (Wildman–Crippen LogP) is 1.83. The molecule has 3 aliphatic rings. The summed E-state index contributed by atoms with van der Waals surface area (Å²) in [5.74, 6) is 0. The fourth-order valence-electron chi connectivity index (χ4n) is 3.49. The number of aryl methyl sites for hydroxylation is 2. The number of amides is 1. The molecule has 24 heavy (non-hydrogen) atoms. The van der Waals surface area contributed by atoms with Gasteiger partial charge in [0.2, 0.25) is 10.0 Å². The second kappa shape index (κ2) is 6.04. The van der Waals surface area contributed by atoms with Gasteiger partial charge < -0.3 is 9.64 Å². The molecule has 0 aromatic heterocycles. The maximum Gasteiger partial charge on any atom is 0.410 e. The van der Waals surface area contributed by atoms with Crippen molar-refractivity contribution in [3.63, 3.8) is 0 Å². The van der Waals surface area contributed by atoms with E-state index in [1.807, 2.05) is 6.07 Å². The second-order valence-electron chi connectivity index (χ2n) is 6.88. The number of fused-ring (bicyclic) bond motifs is 1. The Morgan fingerprint density at radius 3 is 2.67 bits per heavy atom. The minimum atomic E-state index is -3.58. The van der Waals surface area contributed by atoms with Crippen LogP contribution in [0.25, 0.3) is 0 Å². The van der Waals surface area contributed by atoms with E-state index in [0.717, 1.165) is 37.7 Å². The molecule has 1 aromatic rings. The van der Waals surface area contributed by atoms with E-state index in [4.69, 9.17) is 4.74 Å². The SMILES string of the molecule is O=C1OC(CNS(=O)(=O)c2ccc3c(c2)CCCC3)CN1C1CC1. The molecule has 1 atom stereocenters. The molecule has 4 rings (SSSR count). The largest absolute Gasteiger partial charge is 0.443 e. The monoisotopic (exact) mass is 350 g/mol. The Morgan fingerprint density at radius 2 is 1.92 bits per heavy atom. The van der Waals surface area contributed by atoms with Gasteiger partial charge in [0.1, 0.15) is 6.10 Å². The highest BCUT2D eigenvalue weighted by Crippen LogP contribution is 2.30. The quantitative estimate of drug-likeness (QED) is 0.879. The molecule has 1 heterocycles. The summed E-state index contributed by atoms with van der Waals surface area (Å²) in [5, 5.41) is 0. The van der Waals surface area contributed by atoms with Crippen LogP contribution in [0.5, 0.6) is 0 Å². The van der Waals surface area contributed by atoms with Crippen molar-refractivity contribution in [2.45, 2.75) is 55.6 Å². The standard InChI is InChI=1S/C17H22N2O4S/c20-17-19(14-6-7-14)11-15(23-17)10-18-24(21,22)16-8-5-12-3-1-2-4-13(12)9-16/h5,8-9,14-15,18H,1-4,6-7,10-11H2. The number of benzene rings is 1. The average Bonchev–Trinajstić information content (AvgIpc) is 3.35. The smallest absolute Gasteiger partial charge is 0.410 e. The van der Waals surface area contributed by atoms with Gasteiger partial charge in [0.15, 0.2) is 0 Å². The highest BCUT2D eigenvalue weighted by atomic mass is 32.2. The fraction of sp³-hybridized carbons (Fsp3) is 0.588. The molecule has 2 aliphatic carbocycles. The van der Waals surface area contributed by atoms with Crippen LogP contribution in [0.3, 0.4) is 0 Å². The van der Waals surface area contributed by atoms with E-state index in [-0.39, 0.29) is 12.6 Å². The third-order valence-corrected chi connectivity index (χ3v) is 6.44. The first kappa shape index (κ1) is 15.9. The lowest BCUT2D eigenvalue weighted by molar-refractivity contribution is 0.133. The number of cyclic esters (lactones) is 1. The van der Waals surface area contributed by atoms with Gasteiger partial charge in [-0.3, -0.25) is 0 Å². The van der Waals surface area contributed by atoms with Crippen molar-refractivity contribution in [2.75, 3.05) is 13.1 Å². The van der Waals surface area contributed by atoms with Crippen LogP contribution < -0.4 is 4.72 Å². The molecule has 0 bridgehead atoms. The van der Waals surface area contributed by atoms with Gasteiger partial charge in [-0.1, -0.05) is 6.07 Å². The van der Waals surface area contributed by atoms with Crippen molar-refractivity contribution >= 4 is 16.1 Å². The van der Waals surface area contributed by atoms with Crippen molar-refractivity contribution in [3.8, 4) is 0 Å². The Labute approximate surface area is 142 Å². The van der Waals surface area contributed by atoms with Gasteiger partial charge in [-0.25, -0.2) is 17.9 Å². The molecule has 7 heteroatoms. The number of sulfonamides is 1. The van der Waals surface area contributed by atoms with Gasteiger partial charge >= 0.3 is 6.09 Å². The minimum Gasteiger partial charge on any atom is -0.443 e. The zero-order chi connectivity index (χ0) is 16.7. The van der Waals surface area contributed by atoms with Gasteiger partial charge in [0, 0.05) is 12.6 Å². The number of carbonyl (C=O) groups is 1. The van der Waals surface area contributed by atoms with Crippen molar-refractivity contribution in [2.24, 2.45) is 0 Å². The minimum absolute atomic E-state index is 0.119. The van der Waals surface area contributed by atoms with Gasteiger partial charge in [-0.05, 0) is 61.8 Å². The summed E-state index contributed by atoms with van der Waals surface area (Å²) >= 11 is 0. The summed E-state index contributed by atoms with van der Waals surface area (Å²) in [6.45, 7) is 0.588. The van der Waals surface area contributed by atoms with Crippen LogP contribution in [0, 0.1) is 0 Å². The predicted molar refractivity (Wildman–Crippen MR) is 88.3 cm³/mol. The molecule has 1 aromatic carbocycles. The van der Waals surface area contributed by atoms with Crippen LogP contribution in [-0.4, -0.2) is 44.6 Å². The van der Waals surface area contributed by atoms with Gasteiger partial charge in [-0.15, -0.1) is 0 Å². The number of hydrogen-bond donors (Lipinski definition) is 1. The summed E-state index contributed by atoms with van der Waals surface area (Å²) in [7, 11) is -3.58. The molecule has 6 nitrogen and oxygen atoms in total. The molecular weight excluding hydrogens is 328 g/mol. The molecule has 2 fully saturated rings. The van der Waals surface area contributed by atoms with E-state index in [2.05, 4.69) is 4.72 Å². The molecule has 1 saturated heterocycles. The summed E-state index contributed by atoms with van der Waals surface area (Å²) in [4.78, 5) is 13.8. The summed E-state index contributed by atoms with van der Waals surface area (Å²) < 4.78 is 32.9. The molecule has 1 unspecified atom stereocenters. The number of ether oxygens (including phenoxy) is 1. The number of hydrogen-bond acceptors (Lipinski definition) is 4. The van der Waals surface area contributed by atoms with E-state index in [1.165, 1.54) is 12.0 Å². The van der Waals surface area contributed by atoms with Crippen LogP contribution in [0.1, 0.15) is 36.8 Å². The normalized spacial score (nSPS) is 23.9. The van der Waals surface area contributed by atoms with Crippen molar-refractivity contribution in [1.29, 1.82) is 0 Å². The Hall–Kier alpha value is -1.60. The highest BCUT2D eigenvalue weighted by Gasteiger charge is 2.41. The van der Waals surface area contributed by atoms with Crippen LogP contribution in [-0.2, 0) is 27.6 Å². The summed E-state index contributed by atoms with van der Waals surface area (Å²) in [6, 6.07) is 5.67. The number of nitrogens with one attached hydrogen (secondary N) is 1. The topological polar surface area (TPSA) is 75.7 Å². The Kier molecular flexibility index (Phi) is 4.00. The van der Waals surface area contributed by atoms with Gasteiger partial charge in [0.25, 0.3) is 0 Å². The van der Waals surface area contributed by atoms with Crippen LogP contribution in [0.15, 0.2) is 23.1 Å². The van der Waals surface area contributed by atoms with E-state index >= 15 is 0 Å². The summed E-state index contributed by atoms with van der Waals surface area (Å²) in [5.41, 5.74) is 2.39. The van der Waals surface area contributed by atoms with Crippen molar-refractivity contribution in [3.05, 3.63) is 29.3 Å². The lowest BCUT2D eigenvalue weighted by Gasteiger charge is -2.17. The van der Waals surface area contributed by atoms with E-state index in [0.29, 0.717) is 17.5 Å². The van der Waals surface area contributed by atoms with Crippen LogP contribution in [0.4, 0.5) is 4.79 Å². The molecule has 1 aliphatic heterocycles. The molecule has 130 valence electrons. The van der Waals surface area contributed by atoms with Crippen LogP contribution in [0.2, 0.25) is 0 Å². The summed E-state index contributed by atoms with van der Waals surface area (Å²) in [6.07, 6.45) is 5.54. The Morgan fingerprint density at radius 1 is 1.17 bits per heavy atom. The first-order valence-corrected chi connectivity index (χ1v) is 10.1. The van der Waals surface area contributed by atoms with Crippen LogP contribution >= 0.6 is 0 Å². The Bertz CT molecular complexity index is 758.